The molecule has 0 aromatic heterocycles. The molecule has 1 saturated heterocycles. The van der Waals surface area contributed by atoms with E-state index in [1.807, 2.05) is 18.3 Å². The van der Waals surface area contributed by atoms with Crippen molar-refractivity contribution in [3.05, 3.63) is 30.6 Å². The van der Waals surface area contributed by atoms with Crippen molar-refractivity contribution in [1.82, 2.24) is 5.01 Å². The molecule has 3 aliphatic rings. The number of nitrogens with zero attached hydrogens (tertiary/aromatic N) is 5. The van der Waals surface area contributed by atoms with Crippen LogP contribution < -0.4 is 20.5 Å². The zero-order chi connectivity index (χ0) is 20.4. The van der Waals surface area contributed by atoms with Crippen LogP contribution in [0, 0.1) is 5.92 Å². The average Bonchev–Trinajstić information content (AvgIpc) is 3.12. The molecular weight excluding hydrogens is 374 g/mol. The van der Waals surface area contributed by atoms with E-state index in [9.17, 15) is 4.79 Å². The van der Waals surface area contributed by atoms with Gasteiger partial charge in [0.25, 0.3) is 5.96 Å². The normalized spacial score (nSPS) is 25.8. The summed E-state index contributed by atoms with van der Waals surface area (Å²) in [5, 5.41) is 10.1. The zero-order valence-electron chi connectivity index (χ0n) is 16.4. The lowest BCUT2D eigenvalue weighted by atomic mass is 9.98. The second-order valence-corrected chi connectivity index (χ2v) is 7.00. The summed E-state index contributed by atoms with van der Waals surface area (Å²) < 4.78 is 10.7. The highest BCUT2D eigenvalue weighted by Gasteiger charge is 2.48. The molecule has 29 heavy (non-hydrogen) atoms. The lowest BCUT2D eigenvalue weighted by Gasteiger charge is -2.38. The van der Waals surface area contributed by atoms with Crippen LogP contribution >= 0.6 is 0 Å². The van der Waals surface area contributed by atoms with E-state index in [0.29, 0.717) is 29.8 Å². The third-order valence-corrected chi connectivity index (χ3v) is 5.20. The maximum atomic E-state index is 11.7. The van der Waals surface area contributed by atoms with Gasteiger partial charge >= 0.3 is 5.84 Å². The van der Waals surface area contributed by atoms with Crippen molar-refractivity contribution < 1.29 is 19.0 Å². The molecule has 3 N–H and O–H groups in total. The molecule has 0 radical (unpaired) electrons. The number of ether oxygens (including phenoxy) is 2. The monoisotopic (exact) mass is 398 g/mol. The number of aliphatic imine (C=N–C) groups is 2. The minimum Gasteiger partial charge on any atom is -0.497 e. The van der Waals surface area contributed by atoms with Crippen molar-refractivity contribution in [2.45, 2.75) is 12.8 Å². The minimum atomic E-state index is -0.286. The van der Waals surface area contributed by atoms with Gasteiger partial charge in [-0.25, -0.2) is 0 Å². The van der Waals surface area contributed by atoms with Crippen molar-refractivity contribution in [3.8, 4) is 11.5 Å². The number of primary amides is 1. The number of fused-ring (bicyclic) bond motifs is 1. The maximum Gasteiger partial charge on any atom is 0.301 e. The van der Waals surface area contributed by atoms with Gasteiger partial charge in [0.05, 0.1) is 39.4 Å². The number of amidine groups is 1. The zero-order valence-corrected chi connectivity index (χ0v) is 16.4. The molecule has 1 aromatic carbocycles. The van der Waals surface area contributed by atoms with Crippen LogP contribution in [0.5, 0.6) is 11.5 Å². The van der Waals surface area contributed by atoms with Gasteiger partial charge in [-0.1, -0.05) is 0 Å². The van der Waals surface area contributed by atoms with E-state index in [4.69, 9.17) is 20.3 Å². The van der Waals surface area contributed by atoms with Crippen molar-refractivity contribution >= 4 is 29.6 Å². The second kappa shape index (κ2) is 7.64. The fraction of sp³-hybridized carbons (Fsp3) is 0.368. The summed E-state index contributed by atoms with van der Waals surface area (Å²) in [4.78, 5) is 20.6. The number of nitrogens with one attached hydrogen (secondary N) is 1. The molecule has 1 amide bonds. The molecule has 1 fully saturated rings. The van der Waals surface area contributed by atoms with Crippen LogP contribution in [0.1, 0.15) is 12.8 Å². The summed E-state index contributed by atoms with van der Waals surface area (Å²) in [6.07, 6.45) is 6.86. The fourth-order valence-corrected chi connectivity index (χ4v) is 3.70. The van der Waals surface area contributed by atoms with Gasteiger partial charge < -0.3 is 20.5 Å². The Kier molecular flexibility index (Phi) is 5.03. The molecule has 0 aliphatic carbocycles. The molecule has 0 bridgehead atoms. The first-order chi connectivity index (χ1) is 14.0. The number of benzene rings is 1. The Labute approximate surface area is 168 Å². The predicted octanol–water partition coefficient (Wildman–Crippen LogP) is 1.28. The van der Waals surface area contributed by atoms with Crippen LogP contribution in [0.3, 0.4) is 0 Å². The lowest BCUT2D eigenvalue weighted by molar-refractivity contribution is -0.919. The number of hydrogen-bond donors (Lipinski definition) is 2. The van der Waals surface area contributed by atoms with E-state index in [1.165, 1.54) is 0 Å². The van der Waals surface area contributed by atoms with Crippen LogP contribution in [-0.4, -0.2) is 60.9 Å². The topological polar surface area (TPSA) is 114 Å². The summed E-state index contributed by atoms with van der Waals surface area (Å²) in [5.41, 5.74) is 6.29. The van der Waals surface area contributed by atoms with Gasteiger partial charge in [-0.05, 0) is 22.6 Å². The highest BCUT2D eigenvalue weighted by molar-refractivity contribution is 6.30. The first-order valence-corrected chi connectivity index (χ1v) is 9.38. The number of nitrogens with two attached hydrogens (primary N) is 1. The Hall–Kier alpha value is -3.24. The summed E-state index contributed by atoms with van der Waals surface area (Å²) in [7, 11) is 3.19. The molecule has 10 nitrogen and oxygen atoms in total. The first-order valence-electron chi connectivity index (χ1n) is 9.38. The molecule has 3 aliphatic heterocycles. The quantitative estimate of drug-likeness (QED) is 0.726. The molecule has 152 valence electrons. The van der Waals surface area contributed by atoms with E-state index in [2.05, 4.69) is 20.3 Å². The number of amides is 1. The van der Waals surface area contributed by atoms with Crippen LogP contribution in [-0.2, 0) is 4.79 Å². The Morgan fingerprint density at radius 1 is 1.28 bits per heavy atom. The highest BCUT2D eigenvalue weighted by Crippen LogP contribution is 2.31. The molecular formula is C19H24N7O3+. The Balaban J connectivity index is 1.64. The minimum absolute atomic E-state index is 0.0384. The van der Waals surface area contributed by atoms with Crippen LogP contribution in [0.15, 0.2) is 45.7 Å². The van der Waals surface area contributed by atoms with Gasteiger partial charge in [0.15, 0.2) is 6.20 Å². The summed E-state index contributed by atoms with van der Waals surface area (Å²) in [6.45, 7) is 1.28. The number of piperidine rings is 1. The molecule has 2 atom stereocenters. The number of guanidine groups is 1. The Morgan fingerprint density at radius 3 is 2.72 bits per heavy atom. The molecule has 1 aromatic rings. The Bertz CT molecular complexity index is 917. The van der Waals surface area contributed by atoms with Crippen LogP contribution in [0.4, 0.5) is 5.69 Å². The van der Waals surface area contributed by atoms with Gasteiger partial charge in [0.2, 0.25) is 5.91 Å². The fourth-order valence-electron chi connectivity index (χ4n) is 3.70. The number of rotatable bonds is 5. The number of hydrogen-bond acceptors (Lipinski definition) is 8. The number of anilines is 1. The molecule has 10 heteroatoms. The largest absolute Gasteiger partial charge is 0.497 e. The standard InChI is InChI=1S/C19H23N7O3/c1-28-15-8-14(9-16(10-15)29-2)22-19-23-17-11-21-5-7-26(17,24-19)25-6-3-4-13(12-25)18(20)27/h5,7-11,13H,3-4,6,12H2,1-2H3,(H2-,20,22,24,27)/p+1. The van der Waals surface area contributed by atoms with Crippen molar-refractivity contribution in [3.63, 3.8) is 0 Å². The van der Waals surface area contributed by atoms with Gasteiger partial charge in [-0.3, -0.25) is 9.79 Å². The third-order valence-electron chi connectivity index (χ3n) is 5.20. The number of carbonyl (C=O) groups is 1. The van der Waals surface area contributed by atoms with Gasteiger partial charge in [-0.15, -0.1) is 10.0 Å². The van der Waals surface area contributed by atoms with Crippen molar-refractivity contribution in [2.24, 2.45) is 26.7 Å². The maximum absolute atomic E-state index is 11.7. The van der Waals surface area contributed by atoms with E-state index in [1.54, 1.807) is 32.7 Å². The van der Waals surface area contributed by atoms with E-state index in [-0.39, 0.29) is 16.5 Å². The third kappa shape index (κ3) is 3.59. The highest BCUT2D eigenvalue weighted by atomic mass is 16.5. The Morgan fingerprint density at radius 2 is 2.03 bits per heavy atom. The lowest BCUT2D eigenvalue weighted by Crippen LogP contribution is -2.60. The molecule has 0 spiro atoms. The van der Waals surface area contributed by atoms with Crippen LogP contribution in [0.2, 0.25) is 0 Å². The SMILES string of the molecule is COc1cc(NC2=N[N+]3(N4CCCC(C(N)=O)C4)C=CN=CC3=N2)cc(OC)c1. The second-order valence-electron chi connectivity index (χ2n) is 7.00. The van der Waals surface area contributed by atoms with Crippen molar-refractivity contribution in [1.29, 1.82) is 0 Å². The number of quaternary nitrogens is 1. The first kappa shape index (κ1) is 19.1. The van der Waals surface area contributed by atoms with Gasteiger partial charge in [0.1, 0.15) is 17.7 Å². The molecule has 3 heterocycles. The number of methoxy groups -OCH3 is 2. The predicted molar refractivity (Wildman–Crippen MR) is 109 cm³/mol. The summed E-state index contributed by atoms with van der Waals surface area (Å²) in [5.74, 6) is 1.89. The van der Waals surface area contributed by atoms with Crippen LogP contribution in [0.25, 0.3) is 0 Å². The average molecular weight is 398 g/mol. The number of carbonyl (C=O) groups excluding carboxylic acids is 1. The molecule has 4 rings (SSSR count). The summed E-state index contributed by atoms with van der Waals surface area (Å²) >= 11 is 0. The van der Waals surface area contributed by atoms with E-state index >= 15 is 0 Å². The van der Waals surface area contributed by atoms with Crippen molar-refractivity contribution in [2.75, 3.05) is 32.6 Å². The van der Waals surface area contributed by atoms with E-state index in [0.717, 1.165) is 25.1 Å². The van der Waals surface area contributed by atoms with E-state index < -0.39 is 0 Å². The molecule has 0 saturated carbocycles. The smallest absolute Gasteiger partial charge is 0.301 e. The summed E-state index contributed by atoms with van der Waals surface area (Å²) in [6, 6.07) is 5.46. The molecule has 2 unspecified atom stereocenters. The van der Waals surface area contributed by atoms with Gasteiger partial charge in [0, 0.05) is 23.9 Å². The van der Waals surface area contributed by atoms with Gasteiger partial charge in [-0.2, -0.15) is 0 Å².